The van der Waals surface area contributed by atoms with Crippen LogP contribution < -0.4 is 10.6 Å². The quantitative estimate of drug-likeness (QED) is 0.371. The third kappa shape index (κ3) is 3.50. The number of rotatable bonds is 4. The lowest BCUT2D eigenvalue weighted by Gasteiger charge is -2.50. The van der Waals surface area contributed by atoms with Crippen molar-refractivity contribution < 1.29 is 34.8 Å². The van der Waals surface area contributed by atoms with Crippen molar-refractivity contribution >= 4 is 41.3 Å². The third-order valence-corrected chi connectivity index (χ3v) is 7.47. The molecule has 0 radical (unpaired) electrons. The highest BCUT2D eigenvalue weighted by molar-refractivity contribution is 6.24. The van der Waals surface area contributed by atoms with Gasteiger partial charge in [-0.15, -0.1) is 12.4 Å². The molecule has 35 heavy (non-hydrogen) atoms. The van der Waals surface area contributed by atoms with Crippen LogP contribution in [0.3, 0.4) is 0 Å². The highest BCUT2D eigenvalue weighted by Crippen LogP contribution is 2.53. The standard InChI is InChI=1S/C24H29N3O7.ClH/c1-5-27(4)13-6-7-14(28)16-11(13)8-10-9-12-18(26(2)3)20(30)17(23(25)33)22(32)24(12,34)21(31)15(10)19(16)29;/h6-7,10,12,18,28-29,32,34H,5,8-9H2,1-4H3,(H2,25,33);1H/t10?,12?,18-,24?;/m0./s1. The summed E-state index contributed by atoms with van der Waals surface area (Å²) in [5.74, 6) is -6.52. The van der Waals surface area contributed by atoms with Gasteiger partial charge in [0.25, 0.3) is 5.91 Å². The number of aromatic hydroxyl groups is 1. The molecular weight excluding hydrogens is 478 g/mol. The highest BCUT2D eigenvalue weighted by Gasteiger charge is 2.64. The van der Waals surface area contributed by atoms with Gasteiger partial charge in [0.15, 0.2) is 11.4 Å². The Morgan fingerprint density at radius 1 is 1.17 bits per heavy atom. The molecule has 1 aromatic carbocycles. The number of fused-ring (bicyclic) bond motifs is 3. The second-order valence-electron chi connectivity index (χ2n) is 9.43. The number of carbonyl (C=O) groups excluding carboxylic acids is 3. The lowest BCUT2D eigenvalue weighted by molar-refractivity contribution is -0.153. The number of benzene rings is 1. The number of anilines is 1. The molecule has 3 unspecified atom stereocenters. The zero-order valence-corrected chi connectivity index (χ0v) is 20.7. The predicted molar refractivity (Wildman–Crippen MR) is 130 cm³/mol. The smallest absolute Gasteiger partial charge is 0.255 e. The van der Waals surface area contributed by atoms with E-state index in [1.165, 1.54) is 11.0 Å². The van der Waals surface area contributed by atoms with Crippen LogP contribution in [0.25, 0.3) is 5.76 Å². The first-order chi connectivity index (χ1) is 15.9. The molecule has 1 amide bonds. The normalized spacial score (nSPS) is 27.8. The van der Waals surface area contributed by atoms with E-state index in [1.807, 2.05) is 18.9 Å². The number of likely N-dealkylation sites (N-methyl/N-ethyl adjacent to an activating group) is 1. The number of carbonyl (C=O) groups is 3. The van der Waals surface area contributed by atoms with Crippen LogP contribution in [0.4, 0.5) is 5.69 Å². The van der Waals surface area contributed by atoms with Crippen molar-refractivity contribution in [3.05, 3.63) is 40.2 Å². The summed E-state index contributed by atoms with van der Waals surface area (Å²) >= 11 is 0. The minimum absolute atomic E-state index is 0. The number of primary amides is 1. The monoisotopic (exact) mass is 507 g/mol. The SMILES string of the molecule is CCN(C)c1ccc(O)c2c1CC1CC3[C@H](N(C)C)C(=O)C(C(N)=O)=C(O)C3(O)C(=O)C1=C2O.Cl. The largest absolute Gasteiger partial charge is 0.508 e. The Bertz CT molecular complexity index is 1190. The summed E-state index contributed by atoms with van der Waals surface area (Å²) in [5, 5.41) is 44.1. The zero-order chi connectivity index (χ0) is 25.3. The number of phenolic OH excluding ortho intramolecular Hbond substituents is 1. The highest BCUT2D eigenvalue weighted by atomic mass is 35.5. The minimum Gasteiger partial charge on any atom is -0.508 e. The maximum absolute atomic E-state index is 13.7. The first-order valence-corrected chi connectivity index (χ1v) is 11.1. The Hall–Kier alpha value is -3.08. The van der Waals surface area contributed by atoms with Crippen LogP contribution in [0.5, 0.6) is 5.75 Å². The third-order valence-electron chi connectivity index (χ3n) is 7.47. The number of aliphatic hydroxyl groups is 3. The van der Waals surface area contributed by atoms with E-state index in [0.717, 1.165) is 5.69 Å². The van der Waals surface area contributed by atoms with E-state index in [1.54, 1.807) is 20.2 Å². The zero-order valence-electron chi connectivity index (χ0n) is 19.9. The maximum atomic E-state index is 13.7. The molecule has 11 heteroatoms. The molecule has 0 bridgehead atoms. The molecular formula is C24H30ClN3O7. The Morgan fingerprint density at radius 3 is 2.34 bits per heavy atom. The Kier molecular flexibility index (Phi) is 6.71. The van der Waals surface area contributed by atoms with E-state index in [-0.39, 0.29) is 42.1 Å². The van der Waals surface area contributed by atoms with Crippen molar-refractivity contribution in [2.45, 2.75) is 31.4 Å². The van der Waals surface area contributed by atoms with Gasteiger partial charge in [0.2, 0.25) is 5.78 Å². The summed E-state index contributed by atoms with van der Waals surface area (Å²) in [4.78, 5) is 42.2. The average molecular weight is 508 g/mol. The van der Waals surface area contributed by atoms with E-state index in [2.05, 4.69) is 0 Å². The number of ketones is 2. The molecule has 0 heterocycles. The second kappa shape index (κ2) is 8.85. The first-order valence-electron chi connectivity index (χ1n) is 11.1. The molecule has 1 saturated carbocycles. The molecule has 0 spiro atoms. The lowest BCUT2D eigenvalue weighted by Crippen LogP contribution is -2.65. The van der Waals surface area contributed by atoms with Crippen LogP contribution in [0.2, 0.25) is 0 Å². The molecule has 3 aliphatic rings. The molecule has 190 valence electrons. The van der Waals surface area contributed by atoms with Gasteiger partial charge in [0.05, 0.1) is 11.6 Å². The van der Waals surface area contributed by atoms with Crippen molar-refractivity contribution in [2.24, 2.45) is 17.6 Å². The molecule has 6 N–H and O–H groups in total. The second-order valence-corrected chi connectivity index (χ2v) is 9.43. The molecule has 10 nitrogen and oxygen atoms in total. The number of aliphatic hydroxyl groups excluding tert-OH is 2. The van der Waals surface area contributed by atoms with E-state index < -0.39 is 58.0 Å². The van der Waals surface area contributed by atoms with Gasteiger partial charge in [0.1, 0.15) is 22.8 Å². The van der Waals surface area contributed by atoms with Crippen LogP contribution in [0.15, 0.2) is 29.0 Å². The molecule has 0 saturated heterocycles. The Balaban J connectivity index is 0.00000342. The number of Topliss-reactive ketones (excluding diaryl/α,β-unsaturated/α-hetero) is 2. The average Bonchev–Trinajstić information content (AvgIpc) is 2.75. The van der Waals surface area contributed by atoms with Crippen molar-refractivity contribution in [1.29, 1.82) is 0 Å². The summed E-state index contributed by atoms with van der Waals surface area (Å²) in [6.07, 6.45) is 0.333. The molecule has 1 aromatic rings. The molecule has 3 aliphatic carbocycles. The molecule has 4 rings (SSSR count). The van der Waals surface area contributed by atoms with Crippen LogP contribution in [0.1, 0.15) is 24.5 Å². The predicted octanol–water partition coefficient (Wildman–Crippen LogP) is 0.842. The minimum atomic E-state index is -2.63. The van der Waals surface area contributed by atoms with E-state index in [4.69, 9.17) is 5.73 Å². The van der Waals surface area contributed by atoms with Gasteiger partial charge in [-0.2, -0.15) is 0 Å². The number of nitrogens with zero attached hydrogens (tertiary/aromatic N) is 2. The van der Waals surface area contributed by atoms with Gasteiger partial charge in [0, 0.05) is 30.8 Å². The molecule has 4 atom stereocenters. The number of halogens is 1. The summed E-state index contributed by atoms with van der Waals surface area (Å²) in [7, 11) is 5.00. The van der Waals surface area contributed by atoms with Gasteiger partial charge in [-0.3, -0.25) is 19.3 Å². The number of phenols is 1. The molecule has 1 fully saturated rings. The van der Waals surface area contributed by atoms with Gasteiger partial charge in [-0.05, 0) is 57.5 Å². The van der Waals surface area contributed by atoms with E-state index in [9.17, 15) is 34.8 Å². The summed E-state index contributed by atoms with van der Waals surface area (Å²) < 4.78 is 0. The van der Waals surface area contributed by atoms with Crippen molar-refractivity contribution in [2.75, 3.05) is 32.6 Å². The number of hydrogen-bond donors (Lipinski definition) is 5. The molecule has 0 aromatic heterocycles. The maximum Gasteiger partial charge on any atom is 0.255 e. The number of hydrogen-bond acceptors (Lipinski definition) is 9. The van der Waals surface area contributed by atoms with E-state index in [0.29, 0.717) is 12.1 Å². The Labute approximate surface area is 208 Å². The molecule has 0 aliphatic heterocycles. The first kappa shape index (κ1) is 26.5. The van der Waals surface area contributed by atoms with Gasteiger partial charge >= 0.3 is 0 Å². The fourth-order valence-corrected chi connectivity index (χ4v) is 5.76. The van der Waals surface area contributed by atoms with Crippen LogP contribution in [0, 0.1) is 11.8 Å². The van der Waals surface area contributed by atoms with E-state index >= 15 is 0 Å². The topological polar surface area (TPSA) is 165 Å². The van der Waals surface area contributed by atoms with Crippen molar-refractivity contribution in [3.8, 4) is 5.75 Å². The van der Waals surface area contributed by atoms with Crippen molar-refractivity contribution in [3.63, 3.8) is 0 Å². The Morgan fingerprint density at radius 2 is 1.80 bits per heavy atom. The van der Waals surface area contributed by atoms with Crippen LogP contribution in [-0.4, -0.2) is 82.1 Å². The fourth-order valence-electron chi connectivity index (χ4n) is 5.76. The van der Waals surface area contributed by atoms with Crippen molar-refractivity contribution in [1.82, 2.24) is 4.90 Å². The van der Waals surface area contributed by atoms with Crippen LogP contribution >= 0.6 is 12.4 Å². The van der Waals surface area contributed by atoms with Crippen LogP contribution in [-0.2, 0) is 20.8 Å². The van der Waals surface area contributed by atoms with Gasteiger partial charge in [-0.1, -0.05) is 0 Å². The lowest BCUT2D eigenvalue weighted by atomic mass is 9.57. The van der Waals surface area contributed by atoms with Gasteiger partial charge < -0.3 is 31.1 Å². The summed E-state index contributed by atoms with van der Waals surface area (Å²) in [6.45, 7) is 2.61. The summed E-state index contributed by atoms with van der Waals surface area (Å²) in [6, 6.07) is 2.06. The van der Waals surface area contributed by atoms with Gasteiger partial charge in [-0.25, -0.2) is 0 Å². The fraction of sp³-hybridized carbons (Fsp3) is 0.458. The number of amides is 1. The number of nitrogens with two attached hydrogens (primary N) is 1. The summed E-state index contributed by atoms with van der Waals surface area (Å²) in [5.41, 5.74) is 3.23.